The van der Waals surface area contributed by atoms with Crippen LogP contribution in [0, 0.1) is 11.8 Å². The van der Waals surface area contributed by atoms with E-state index in [9.17, 15) is 14.4 Å². The summed E-state index contributed by atoms with van der Waals surface area (Å²) < 4.78 is 0. The normalized spacial score (nSPS) is 12.0. The summed E-state index contributed by atoms with van der Waals surface area (Å²) in [5.41, 5.74) is 5.44. The number of carboxylic acid groups (broad SMARTS) is 1. The van der Waals surface area contributed by atoms with Crippen LogP contribution in [0.15, 0.2) is 0 Å². The first-order valence-corrected chi connectivity index (χ1v) is 5.34. The molecular weight excluding hydrogens is 226 g/mol. The molecule has 0 radical (unpaired) electrons. The van der Waals surface area contributed by atoms with Crippen molar-refractivity contribution in [3.63, 3.8) is 0 Å². The molecule has 2 amide bonds. The van der Waals surface area contributed by atoms with Crippen LogP contribution >= 0.6 is 0 Å². The molecule has 0 aromatic rings. The second-order valence-electron chi connectivity index (χ2n) is 3.97. The van der Waals surface area contributed by atoms with Gasteiger partial charge in [-0.1, -0.05) is 13.8 Å². The Balaban J connectivity index is 3.98. The van der Waals surface area contributed by atoms with Gasteiger partial charge in [-0.3, -0.25) is 14.4 Å². The van der Waals surface area contributed by atoms with Gasteiger partial charge >= 0.3 is 5.97 Å². The van der Waals surface area contributed by atoms with Gasteiger partial charge in [0.05, 0.1) is 12.5 Å². The molecule has 7 heteroatoms. The van der Waals surface area contributed by atoms with Gasteiger partial charge in [-0.25, -0.2) is 0 Å². The predicted molar refractivity (Wildman–Crippen MR) is 61.0 cm³/mol. The number of carbonyl (C=O) groups is 3. The van der Waals surface area contributed by atoms with Crippen LogP contribution in [-0.4, -0.2) is 42.5 Å². The molecule has 0 fully saturated rings. The maximum absolute atomic E-state index is 11.6. The standard InChI is InChI=1S/C10H19N3O4/c1-6(2)7(3-11)10(17)13-4-8(14)12-5-9(15)16/h6-7H,3-5,11H2,1-2H3,(H,12,14)(H,13,17)(H,15,16). The zero-order chi connectivity index (χ0) is 13.4. The van der Waals surface area contributed by atoms with Gasteiger partial charge in [-0.2, -0.15) is 0 Å². The molecule has 0 spiro atoms. The summed E-state index contributed by atoms with van der Waals surface area (Å²) >= 11 is 0. The van der Waals surface area contributed by atoms with E-state index < -0.39 is 18.4 Å². The highest BCUT2D eigenvalue weighted by molar-refractivity contribution is 5.87. The number of nitrogens with one attached hydrogen (secondary N) is 2. The van der Waals surface area contributed by atoms with E-state index in [-0.39, 0.29) is 30.8 Å². The van der Waals surface area contributed by atoms with Crippen molar-refractivity contribution in [2.45, 2.75) is 13.8 Å². The lowest BCUT2D eigenvalue weighted by Crippen LogP contribution is -2.43. The summed E-state index contributed by atoms with van der Waals surface area (Å²) in [5, 5.41) is 12.9. The third-order valence-electron chi connectivity index (χ3n) is 2.26. The van der Waals surface area contributed by atoms with Crippen LogP contribution in [0.1, 0.15) is 13.8 Å². The topological polar surface area (TPSA) is 122 Å². The monoisotopic (exact) mass is 245 g/mol. The molecule has 0 aliphatic carbocycles. The van der Waals surface area contributed by atoms with Gasteiger partial charge in [0.15, 0.2) is 0 Å². The van der Waals surface area contributed by atoms with Gasteiger partial charge in [0.25, 0.3) is 0 Å². The number of hydrogen-bond acceptors (Lipinski definition) is 4. The van der Waals surface area contributed by atoms with Gasteiger partial charge in [-0.05, 0) is 5.92 Å². The Morgan fingerprint density at radius 1 is 1.18 bits per heavy atom. The number of nitrogens with two attached hydrogens (primary N) is 1. The molecule has 17 heavy (non-hydrogen) atoms. The zero-order valence-corrected chi connectivity index (χ0v) is 10.0. The molecule has 5 N–H and O–H groups in total. The van der Waals surface area contributed by atoms with E-state index in [0.717, 1.165) is 0 Å². The zero-order valence-electron chi connectivity index (χ0n) is 10.0. The molecule has 1 unspecified atom stereocenters. The largest absolute Gasteiger partial charge is 0.480 e. The van der Waals surface area contributed by atoms with Gasteiger partial charge < -0.3 is 21.5 Å². The van der Waals surface area contributed by atoms with E-state index in [1.165, 1.54) is 0 Å². The molecule has 0 saturated heterocycles. The Labute approximate surface area is 99.7 Å². The van der Waals surface area contributed by atoms with Crippen LogP contribution in [0.4, 0.5) is 0 Å². The fraction of sp³-hybridized carbons (Fsp3) is 0.700. The summed E-state index contributed by atoms with van der Waals surface area (Å²) in [5.74, 6) is -2.23. The van der Waals surface area contributed by atoms with Gasteiger partial charge in [0.1, 0.15) is 6.54 Å². The number of rotatable bonds is 7. The van der Waals surface area contributed by atoms with Crippen molar-refractivity contribution >= 4 is 17.8 Å². The molecule has 0 aliphatic rings. The molecule has 0 rings (SSSR count). The minimum atomic E-state index is -1.13. The lowest BCUT2D eigenvalue weighted by atomic mass is 9.95. The maximum atomic E-state index is 11.6. The molecule has 0 saturated carbocycles. The summed E-state index contributed by atoms with van der Waals surface area (Å²) in [6.07, 6.45) is 0. The number of carbonyl (C=O) groups excluding carboxylic acids is 2. The van der Waals surface area contributed by atoms with E-state index in [1.807, 2.05) is 13.8 Å². The molecular formula is C10H19N3O4. The van der Waals surface area contributed by atoms with Crippen LogP contribution in [0.5, 0.6) is 0 Å². The lowest BCUT2D eigenvalue weighted by Gasteiger charge is -2.17. The fourth-order valence-corrected chi connectivity index (χ4v) is 1.22. The van der Waals surface area contributed by atoms with Crippen LogP contribution < -0.4 is 16.4 Å². The van der Waals surface area contributed by atoms with Crippen molar-refractivity contribution < 1.29 is 19.5 Å². The molecule has 98 valence electrons. The van der Waals surface area contributed by atoms with E-state index in [2.05, 4.69) is 10.6 Å². The first-order chi connectivity index (χ1) is 7.88. The van der Waals surface area contributed by atoms with Gasteiger partial charge in [0.2, 0.25) is 11.8 Å². The molecule has 0 aromatic carbocycles. The molecule has 0 aromatic heterocycles. The van der Waals surface area contributed by atoms with Crippen LogP contribution in [0.25, 0.3) is 0 Å². The average molecular weight is 245 g/mol. The second-order valence-corrected chi connectivity index (χ2v) is 3.97. The molecule has 1 atom stereocenters. The first-order valence-electron chi connectivity index (χ1n) is 5.34. The summed E-state index contributed by atoms with van der Waals surface area (Å²) in [6.45, 7) is 3.23. The van der Waals surface area contributed by atoms with Crippen molar-refractivity contribution in [1.29, 1.82) is 0 Å². The Hall–Kier alpha value is -1.63. The van der Waals surface area contributed by atoms with Crippen molar-refractivity contribution in [3.8, 4) is 0 Å². The average Bonchev–Trinajstić information content (AvgIpc) is 2.23. The third-order valence-corrected chi connectivity index (χ3v) is 2.26. The molecule has 0 aliphatic heterocycles. The van der Waals surface area contributed by atoms with Crippen molar-refractivity contribution in [3.05, 3.63) is 0 Å². The highest BCUT2D eigenvalue weighted by Crippen LogP contribution is 2.08. The number of amides is 2. The fourth-order valence-electron chi connectivity index (χ4n) is 1.22. The quantitative estimate of drug-likeness (QED) is 0.436. The Morgan fingerprint density at radius 2 is 1.76 bits per heavy atom. The Morgan fingerprint density at radius 3 is 2.18 bits per heavy atom. The second kappa shape index (κ2) is 7.61. The van der Waals surface area contributed by atoms with Crippen molar-refractivity contribution in [2.24, 2.45) is 17.6 Å². The lowest BCUT2D eigenvalue weighted by molar-refractivity contribution is -0.137. The Bertz CT molecular complexity index is 291. The number of aliphatic carboxylic acids is 1. The predicted octanol–water partition coefficient (Wildman–Crippen LogP) is -1.47. The van der Waals surface area contributed by atoms with E-state index in [4.69, 9.17) is 10.8 Å². The van der Waals surface area contributed by atoms with Crippen LogP contribution in [0.3, 0.4) is 0 Å². The minimum absolute atomic E-state index is 0.0853. The number of carboxylic acids is 1. The van der Waals surface area contributed by atoms with Gasteiger partial charge in [-0.15, -0.1) is 0 Å². The maximum Gasteiger partial charge on any atom is 0.322 e. The van der Waals surface area contributed by atoms with E-state index >= 15 is 0 Å². The minimum Gasteiger partial charge on any atom is -0.480 e. The third kappa shape index (κ3) is 6.52. The first kappa shape index (κ1) is 15.4. The van der Waals surface area contributed by atoms with E-state index in [0.29, 0.717) is 0 Å². The van der Waals surface area contributed by atoms with Gasteiger partial charge in [0, 0.05) is 6.54 Å². The Kier molecular flexibility index (Phi) is 6.88. The molecule has 7 nitrogen and oxygen atoms in total. The van der Waals surface area contributed by atoms with E-state index in [1.54, 1.807) is 0 Å². The highest BCUT2D eigenvalue weighted by Gasteiger charge is 2.20. The SMILES string of the molecule is CC(C)C(CN)C(=O)NCC(=O)NCC(=O)O. The molecule has 0 bridgehead atoms. The summed E-state index contributed by atoms with van der Waals surface area (Å²) in [4.78, 5) is 32.9. The summed E-state index contributed by atoms with van der Waals surface area (Å²) in [7, 11) is 0. The smallest absolute Gasteiger partial charge is 0.322 e. The summed E-state index contributed by atoms with van der Waals surface area (Å²) in [6, 6.07) is 0. The molecule has 0 heterocycles. The number of hydrogen-bond donors (Lipinski definition) is 4. The highest BCUT2D eigenvalue weighted by atomic mass is 16.4. The van der Waals surface area contributed by atoms with Crippen molar-refractivity contribution in [1.82, 2.24) is 10.6 Å². The van der Waals surface area contributed by atoms with Crippen molar-refractivity contribution in [2.75, 3.05) is 19.6 Å². The van der Waals surface area contributed by atoms with Crippen LogP contribution in [-0.2, 0) is 14.4 Å². The van der Waals surface area contributed by atoms with Crippen LogP contribution in [0.2, 0.25) is 0 Å².